The lowest BCUT2D eigenvalue weighted by Gasteiger charge is -2.12. The molecule has 0 spiro atoms. The van der Waals surface area contributed by atoms with Crippen LogP contribution in [0.1, 0.15) is 11.4 Å². The fraction of sp³-hybridized carbons (Fsp3) is 0.231. The van der Waals surface area contributed by atoms with E-state index in [1.165, 1.54) is 0 Å². The molecule has 0 aliphatic carbocycles. The van der Waals surface area contributed by atoms with Crippen LogP contribution in [-0.4, -0.2) is 16.5 Å². The molecule has 1 aliphatic rings. The molecule has 0 fully saturated rings. The van der Waals surface area contributed by atoms with Crippen molar-refractivity contribution in [2.75, 3.05) is 11.9 Å². The Balaban J connectivity index is 2.28. The number of benzene rings is 1. The van der Waals surface area contributed by atoms with Crippen LogP contribution in [-0.2, 0) is 12.6 Å². The summed E-state index contributed by atoms with van der Waals surface area (Å²) in [4.78, 5) is 7.04. The van der Waals surface area contributed by atoms with Crippen molar-refractivity contribution >= 4 is 28.9 Å². The van der Waals surface area contributed by atoms with E-state index < -0.39 is 12.0 Å². The van der Waals surface area contributed by atoms with E-state index in [1.807, 2.05) is 0 Å². The molecular weight excluding hydrogens is 326 g/mol. The average molecular weight is 334 g/mol. The zero-order chi connectivity index (χ0) is 15.2. The van der Waals surface area contributed by atoms with E-state index in [9.17, 15) is 13.2 Å². The third kappa shape index (κ3) is 2.65. The highest BCUT2D eigenvalue weighted by Crippen LogP contribution is 2.38. The van der Waals surface area contributed by atoms with Crippen LogP contribution in [0.2, 0.25) is 10.2 Å². The van der Waals surface area contributed by atoms with Crippen LogP contribution >= 0.6 is 23.2 Å². The standard InChI is InChI=1S/C13H8Cl2F3N3/c14-6-1-2-7-9(5-6)19-4-3-8-10(7)20-12(13(16,17)18)21-11(8)15/h1-2,5,19H,3-4H2. The van der Waals surface area contributed by atoms with Crippen LogP contribution in [0.25, 0.3) is 11.3 Å². The van der Waals surface area contributed by atoms with Crippen molar-refractivity contribution in [2.45, 2.75) is 12.6 Å². The van der Waals surface area contributed by atoms with Gasteiger partial charge in [-0.25, -0.2) is 9.97 Å². The van der Waals surface area contributed by atoms with Gasteiger partial charge in [-0.15, -0.1) is 0 Å². The highest BCUT2D eigenvalue weighted by atomic mass is 35.5. The minimum absolute atomic E-state index is 0.170. The van der Waals surface area contributed by atoms with Gasteiger partial charge in [-0.2, -0.15) is 13.2 Å². The van der Waals surface area contributed by atoms with Gasteiger partial charge in [0.25, 0.3) is 0 Å². The molecule has 0 unspecified atom stereocenters. The lowest BCUT2D eigenvalue weighted by atomic mass is 10.1. The highest BCUT2D eigenvalue weighted by Gasteiger charge is 2.36. The van der Waals surface area contributed by atoms with E-state index in [-0.39, 0.29) is 10.8 Å². The molecule has 0 bridgehead atoms. The molecule has 2 heterocycles. The lowest BCUT2D eigenvalue weighted by Crippen LogP contribution is -2.13. The summed E-state index contributed by atoms with van der Waals surface area (Å²) < 4.78 is 38.6. The molecule has 0 saturated carbocycles. The number of hydrogen-bond donors (Lipinski definition) is 1. The molecule has 1 aliphatic heterocycles. The lowest BCUT2D eigenvalue weighted by molar-refractivity contribution is -0.144. The fourth-order valence-electron chi connectivity index (χ4n) is 2.22. The number of hydrogen-bond acceptors (Lipinski definition) is 3. The normalized spacial score (nSPS) is 14.0. The molecule has 3 rings (SSSR count). The number of alkyl halides is 3. The maximum Gasteiger partial charge on any atom is 0.451 e. The van der Waals surface area contributed by atoms with Gasteiger partial charge < -0.3 is 5.32 Å². The first-order chi connectivity index (χ1) is 9.86. The van der Waals surface area contributed by atoms with Crippen LogP contribution in [0.15, 0.2) is 18.2 Å². The largest absolute Gasteiger partial charge is 0.451 e. The van der Waals surface area contributed by atoms with E-state index in [4.69, 9.17) is 23.2 Å². The molecule has 21 heavy (non-hydrogen) atoms. The first-order valence-corrected chi connectivity index (χ1v) is 6.79. The van der Waals surface area contributed by atoms with Gasteiger partial charge in [0, 0.05) is 28.4 Å². The van der Waals surface area contributed by atoms with Gasteiger partial charge in [-0.3, -0.25) is 0 Å². The molecule has 0 amide bonds. The Morgan fingerprint density at radius 1 is 1.14 bits per heavy atom. The summed E-state index contributed by atoms with van der Waals surface area (Å²) in [7, 11) is 0. The molecule has 8 heteroatoms. The summed E-state index contributed by atoms with van der Waals surface area (Å²) in [5.74, 6) is -1.24. The second kappa shape index (κ2) is 5.03. The van der Waals surface area contributed by atoms with Gasteiger partial charge in [-0.1, -0.05) is 23.2 Å². The number of nitrogens with zero attached hydrogens (tertiary/aromatic N) is 2. The predicted octanol–water partition coefficient (Wildman–Crippen LogP) is 4.44. The van der Waals surface area contributed by atoms with Gasteiger partial charge in [0.1, 0.15) is 5.15 Å². The van der Waals surface area contributed by atoms with Gasteiger partial charge in [0.15, 0.2) is 0 Å². The third-order valence-electron chi connectivity index (χ3n) is 3.14. The van der Waals surface area contributed by atoms with Crippen molar-refractivity contribution in [3.8, 4) is 11.3 Å². The smallest absolute Gasteiger partial charge is 0.384 e. The van der Waals surface area contributed by atoms with Gasteiger partial charge in [0.05, 0.1) is 5.69 Å². The fourth-order valence-corrected chi connectivity index (χ4v) is 2.66. The van der Waals surface area contributed by atoms with E-state index >= 15 is 0 Å². The van der Waals surface area contributed by atoms with Crippen LogP contribution in [0.5, 0.6) is 0 Å². The topological polar surface area (TPSA) is 37.8 Å². The Labute approximate surface area is 128 Å². The Kier molecular flexibility index (Phi) is 3.45. The van der Waals surface area contributed by atoms with Crippen molar-refractivity contribution in [3.05, 3.63) is 39.8 Å². The third-order valence-corrected chi connectivity index (χ3v) is 3.69. The number of rotatable bonds is 0. The van der Waals surface area contributed by atoms with E-state index in [0.29, 0.717) is 34.8 Å². The maximum atomic E-state index is 12.9. The maximum absolute atomic E-state index is 12.9. The Morgan fingerprint density at radius 2 is 1.90 bits per heavy atom. The molecular formula is C13H8Cl2F3N3. The second-order valence-electron chi connectivity index (χ2n) is 4.53. The second-order valence-corrected chi connectivity index (χ2v) is 5.32. The number of nitrogens with one attached hydrogen (secondary N) is 1. The number of halogens is 5. The molecule has 110 valence electrons. The predicted molar refractivity (Wildman–Crippen MR) is 74.7 cm³/mol. The summed E-state index contributed by atoms with van der Waals surface area (Å²) in [6.07, 6.45) is -4.22. The molecule has 2 aromatic rings. The molecule has 1 aromatic carbocycles. The van der Waals surface area contributed by atoms with Crippen molar-refractivity contribution in [1.29, 1.82) is 0 Å². The molecule has 1 aromatic heterocycles. The first kappa shape index (κ1) is 14.4. The van der Waals surface area contributed by atoms with Crippen LogP contribution in [0.4, 0.5) is 18.9 Å². The quantitative estimate of drug-likeness (QED) is 0.724. The number of fused-ring (bicyclic) bond motifs is 3. The van der Waals surface area contributed by atoms with Crippen molar-refractivity contribution < 1.29 is 13.2 Å². The van der Waals surface area contributed by atoms with Crippen molar-refractivity contribution in [3.63, 3.8) is 0 Å². The van der Waals surface area contributed by atoms with Crippen molar-refractivity contribution in [1.82, 2.24) is 9.97 Å². The van der Waals surface area contributed by atoms with Gasteiger partial charge in [-0.05, 0) is 24.6 Å². The van der Waals surface area contributed by atoms with Gasteiger partial charge >= 0.3 is 6.18 Å². The van der Waals surface area contributed by atoms with Crippen LogP contribution in [0, 0.1) is 0 Å². The molecule has 3 nitrogen and oxygen atoms in total. The minimum Gasteiger partial charge on any atom is -0.384 e. The zero-order valence-electron chi connectivity index (χ0n) is 10.4. The Bertz CT molecular complexity index is 717. The van der Waals surface area contributed by atoms with E-state index in [1.54, 1.807) is 18.2 Å². The Hall–Kier alpha value is -1.53. The highest BCUT2D eigenvalue weighted by molar-refractivity contribution is 6.31. The minimum atomic E-state index is -4.65. The average Bonchev–Trinajstić information content (AvgIpc) is 2.57. The van der Waals surface area contributed by atoms with Gasteiger partial charge in [0.2, 0.25) is 5.82 Å². The monoisotopic (exact) mass is 333 g/mol. The van der Waals surface area contributed by atoms with E-state index in [2.05, 4.69) is 15.3 Å². The summed E-state index contributed by atoms with van der Waals surface area (Å²) in [6.45, 7) is 0.509. The molecule has 1 N–H and O–H groups in total. The molecule has 0 radical (unpaired) electrons. The summed E-state index contributed by atoms with van der Waals surface area (Å²) in [5, 5.41) is 3.42. The summed E-state index contributed by atoms with van der Waals surface area (Å²) in [6, 6.07) is 4.87. The Morgan fingerprint density at radius 3 is 2.62 bits per heavy atom. The summed E-state index contributed by atoms with van der Waals surface area (Å²) >= 11 is 11.8. The van der Waals surface area contributed by atoms with Crippen molar-refractivity contribution in [2.24, 2.45) is 0 Å². The first-order valence-electron chi connectivity index (χ1n) is 6.03. The molecule has 0 atom stereocenters. The van der Waals surface area contributed by atoms with Crippen LogP contribution in [0.3, 0.4) is 0 Å². The van der Waals surface area contributed by atoms with Crippen LogP contribution < -0.4 is 5.32 Å². The number of anilines is 1. The SMILES string of the molecule is FC(F)(F)c1nc(Cl)c2c(n1)-c1ccc(Cl)cc1NCC2. The molecule has 0 saturated heterocycles. The number of aromatic nitrogens is 2. The summed E-state index contributed by atoms with van der Waals surface area (Å²) in [5.41, 5.74) is 1.85. The van der Waals surface area contributed by atoms with E-state index in [0.717, 1.165) is 0 Å². The zero-order valence-corrected chi connectivity index (χ0v) is 11.9.